The summed E-state index contributed by atoms with van der Waals surface area (Å²) in [7, 11) is -2.05. The van der Waals surface area contributed by atoms with Gasteiger partial charge in [-0.25, -0.2) is 8.42 Å². The number of methoxy groups -OCH3 is 1. The molecule has 0 spiro atoms. The van der Waals surface area contributed by atoms with Crippen molar-refractivity contribution in [1.29, 1.82) is 0 Å². The summed E-state index contributed by atoms with van der Waals surface area (Å²) in [5, 5.41) is 0. The van der Waals surface area contributed by atoms with Crippen LogP contribution in [0.2, 0.25) is 0 Å². The number of aromatic nitrogens is 1. The Morgan fingerprint density at radius 2 is 1.83 bits per heavy atom. The maximum Gasteiger partial charge on any atom is 0.244 e. The first-order valence-corrected chi connectivity index (χ1v) is 9.11. The zero-order chi connectivity index (χ0) is 16.3. The lowest BCUT2D eigenvalue weighted by molar-refractivity contribution is 0.397. The molecule has 1 aromatic heterocycles. The quantitative estimate of drug-likeness (QED) is 0.865. The van der Waals surface area contributed by atoms with Crippen LogP contribution in [-0.4, -0.2) is 37.9 Å². The number of hydrogen-bond donors (Lipinski definition) is 0. The molecule has 23 heavy (non-hydrogen) atoms. The molecular formula is C17H20N2O3S. The van der Waals surface area contributed by atoms with Crippen molar-refractivity contribution in [2.75, 3.05) is 20.2 Å². The zero-order valence-electron chi connectivity index (χ0n) is 13.1. The normalized spacial score (nSPS) is 16.2. The van der Waals surface area contributed by atoms with Gasteiger partial charge in [-0.1, -0.05) is 24.3 Å². The van der Waals surface area contributed by atoms with Gasteiger partial charge in [-0.15, -0.1) is 0 Å². The molecule has 0 N–H and O–H groups in total. The Bertz CT molecular complexity index is 790. The van der Waals surface area contributed by atoms with E-state index in [-0.39, 0.29) is 4.90 Å². The molecule has 0 amide bonds. The molecule has 2 aromatic rings. The van der Waals surface area contributed by atoms with Gasteiger partial charge < -0.3 is 4.74 Å². The van der Waals surface area contributed by atoms with Crippen LogP contribution in [0.1, 0.15) is 17.5 Å². The van der Waals surface area contributed by atoms with Crippen molar-refractivity contribution < 1.29 is 13.2 Å². The summed E-state index contributed by atoms with van der Waals surface area (Å²) in [6, 6.07) is 9.78. The Morgan fingerprint density at radius 1 is 1.09 bits per heavy atom. The van der Waals surface area contributed by atoms with Crippen LogP contribution in [0.3, 0.4) is 0 Å². The Kier molecular flexibility index (Phi) is 4.63. The highest BCUT2D eigenvalue weighted by molar-refractivity contribution is 7.89. The second kappa shape index (κ2) is 6.68. The predicted molar refractivity (Wildman–Crippen MR) is 88.0 cm³/mol. The average Bonchev–Trinajstić information content (AvgIpc) is 2.55. The summed E-state index contributed by atoms with van der Waals surface area (Å²) in [5.74, 6) is 0.448. The summed E-state index contributed by atoms with van der Waals surface area (Å²) < 4.78 is 32.4. The number of nitrogens with zero attached hydrogens (tertiary/aromatic N) is 2. The van der Waals surface area contributed by atoms with Crippen LogP contribution in [0.5, 0.6) is 5.75 Å². The smallest absolute Gasteiger partial charge is 0.244 e. The molecule has 1 aliphatic rings. The van der Waals surface area contributed by atoms with Crippen LogP contribution >= 0.6 is 0 Å². The van der Waals surface area contributed by atoms with E-state index in [9.17, 15) is 8.42 Å². The van der Waals surface area contributed by atoms with E-state index < -0.39 is 10.0 Å². The van der Waals surface area contributed by atoms with Crippen molar-refractivity contribution in [2.45, 2.75) is 24.2 Å². The summed E-state index contributed by atoms with van der Waals surface area (Å²) in [5.41, 5.74) is 2.56. The monoisotopic (exact) mass is 332 g/mol. The van der Waals surface area contributed by atoms with Gasteiger partial charge in [-0.05, 0) is 30.4 Å². The minimum absolute atomic E-state index is 0.186. The SMILES string of the molecule is COc1cncc(S(=O)(=O)N2CCCc3ccccc3CC2)c1. The van der Waals surface area contributed by atoms with Crippen molar-refractivity contribution in [3.05, 3.63) is 53.9 Å². The van der Waals surface area contributed by atoms with Crippen molar-refractivity contribution in [3.8, 4) is 5.75 Å². The molecule has 1 aromatic carbocycles. The Labute approximate surface area is 137 Å². The van der Waals surface area contributed by atoms with Crippen molar-refractivity contribution in [2.24, 2.45) is 0 Å². The third-order valence-corrected chi connectivity index (χ3v) is 6.03. The van der Waals surface area contributed by atoms with Crippen LogP contribution in [-0.2, 0) is 22.9 Å². The van der Waals surface area contributed by atoms with E-state index in [1.165, 1.54) is 36.7 Å². The van der Waals surface area contributed by atoms with Gasteiger partial charge in [0.05, 0.1) is 13.3 Å². The first kappa shape index (κ1) is 16.0. The second-order valence-corrected chi connectivity index (χ2v) is 7.52. The van der Waals surface area contributed by atoms with Crippen LogP contribution in [0.25, 0.3) is 0 Å². The fourth-order valence-electron chi connectivity index (χ4n) is 2.89. The molecule has 0 aliphatic carbocycles. The maximum atomic E-state index is 12.9. The van der Waals surface area contributed by atoms with Crippen LogP contribution in [0.15, 0.2) is 47.6 Å². The van der Waals surface area contributed by atoms with Crippen LogP contribution in [0.4, 0.5) is 0 Å². The highest BCUT2D eigenvalue weighted by Gasteiger charge is 2.26. The highest BCUT2D eigenvalue weighted by atomic mass is 32.2. The average molecular weight is 332 g/mol. The fourth-order valence-corrected chi connectivity index (χ4v) is 4.35. The van der Waals surface area contributed by atoms with Gasteiger partial charge in [0.25, 0.3) is 0 Å². The molecule has 0 fully saturated rings. The lowest BCUT2D eigenvalue weighted by atomic mass is 9.99. The number of fused-ring (bicyclic) bond motifs is 1. The van der Waals surface area contributed by atoms with E-state index in [1.54, 1.807) is 4.31 Å². The Balaban J connectivity index is 1.86. The number of hydrogen-bond acceptors (Lipinski definition) is 4. The predicted octanol–water partition coefficient (Wildman–Crippen LogP) is 2.27. The molecule has 1 aliphatic heterocycles. The molecule has 3 rings (SSSR count). The van der Waals surface area contributed by atoms with Gasteiger partial charge in [0, 0.05) is 25.4 Å². The molecule has 0 saturated carbocycles. The fraction of sp³-hybridized carbons (Fsp3) is 0.353. The standard InChI is InChI=1S/C17H20N2O3S/c1-22-16-11-17(13-18-12-16)23(20,21)19-9-4-7-14-5-2-3-6-15(14)8-10-19/h2-3,5-6,11-13H,4,7-10H2,1H3. The van der Waals surface area contributed by atoms with E-state index >= 15 is 0 Å². The molecule has 6 heteroatoms. The molecule has 0 atom stereocenters. The molecule has 0 radical (unpaired) electrons. The largest absolute Gasteiger partial charge is 0.495 e. The number of pyridine rings is 1. The number of benzene rings is 1. The molecule has 122 valence electrons. The van der Waals surface area contributed by atoms with E-state index in [2.05, 4.69) is 17.1 Å². The van der Waals surface area contributed by atoms with Crippen molar-refractivity contribution >= 4 is 10.0 Å². The first-order chi connectivity index (χ1) is 11.1. The third kappa shape index (κ3) is 3.38. The van der Waals surface area contributed by atoms with E-state index in [0.717, 1.165) is 19.3 Å². The lowest BCUT2D eigenvalue weighted by Crippen LogP contribution is -2.35. The summed E-state index contributed by atoms with van der Waals surface area (Å²) in [4.78, 5) is 4.15. The van der Waals surface area contributed by atoms with Gasteiger partial charge in [0.1, 0.15) is 10.6 Å². The highest BCUT2D eigenvalue weighted by Crippen LogP contribution is 2.23. The second-order valence-electron chi connectivity index (χ2n) is 5.59. The third-order valence-electron chi connectivity index (χ3n) is 4.16. The molecule has 0 bridgehead atoms. The summed E-state index contributed by atoms with van der Waals surface area (Å²) in [6.07, 6.45) is 5.33. The van der Waals surface area contributed by atoms with Gasteiger partial charge in [-0.2, -0.15) is 4.31 Å². The topological polar surface area (TPSA) is 59.5 Å². The molecule has 5 nitrogen and oxygen atoms in total. The maximum absolute atomic E-state index is 12.9. The number of sulfonamides is 1. The van der Waals surface area contributed by atoms with Crippen LogP contribution < -0.4 is 4.74 Å². The van der Waals surface area contributed by atoms with E-state index in [1.807, 2.05) is 12.1 Å². The van der Waals surface area contributed by atoms with Gasteiger partial charge >= 0.3 is 0 Å². The van der Waals surface area contributed by atoms with Crippen molar-refractivity contribution in [3.63, 3.8) is 0 Å². The van der Waals surface area contributed by atoms with E-state index in [4.69, 9.17) is 4.74 Å². The lowest BCUT2D eigenvalue weighted by Gasteiger charge is -2.25. The van der Waals surface area contributed by atoms with Crippen LogP contribution in [0, 0.1) is 0 Å². The molecular weight excluding hydrogens is 312 g/mol. The molecule has 0 saturated heterocycles. The summed E-state index contributed by atoms with van der Waals surface area (Å²) >= 11 is 0. The van der Waals surface area contributed by atoms with Gasteiger partial charge in [0.2, 0.25) is 10.0 Å². The minimum atomic E-state index is -3.55. The van der Waals surface area contributed by atoms with Gasteiger partial charge in [0.15, 0.2) is 0 Å². The van der Waals surface area contributed by atoms with E-state index in [0.29, 0.717) is 18.8 Å². The molecule has 2 heterocycles. The van der Waals surface area contributed by atoms with Crippen molar-refractivity contribution in [1.82, 2.24) is 9.29 Å². The van der Waals surface area contributed by atoms with Gasteiger partial charge in [-0.3, -0.25) is 4.98 Å². The number of rotatable bonds is 3. The summed E-state index contributed by atoms with van der Waals surface area (Å²) in [6.45, 7) is 1.00. The minimum Gasteiger partial charge on any atom is -0.495 e. The number of aryl methyl sites for hydroxylation is 1. The Hall–Kier alpha value is -1.92. The molecule has 0 unspecified atom stereocenters. The Morgan fingerprint density at radius 3 is 2.57 bits per heavy atom. The first-order valence-electron chi connectivity index (χ1n) is 7.67. The zero-order valence-corrected chi connectivity index (χ0v) is 13.9. The number of ether oxygens (including phenoxy) is 1.